The Balaban J connectivity index is 3.34. The van der Waals surface area contributed by atoms with E-state index in [9.17, 15) is 22.8 Å². The topological polar surface area (TPSA) is 94.4 Å². The van der Waals surface area contributed by atoms with Gasteiger partial charge in [0.1, 0.15) is 5.56 Å². The minimum absolute atomic E-state index is 0.0605. The predicted molar refractivity (Wildman–Crippen MR) is 57.6 cm³/mol. The third-order valence-corrected chi connectivity index (χ3v) is 1.98. The van der Waals surface area contributed by atoms with Crippen molar-refractivity contribution in [3.05, 3.63) is 27.7 Å². The zero-order chi connectivity index (χ0) is 14.6. The lowest BCUT2D eigenvalue weighted by atomic mass is 10.2. The van der Waals surface area contributed by atoms with Gasteiger partial charge in [-0.3, -0.25) is 4.79 Å². The van der Waals surface area contributed by atoms with Crippen LogP contribution in [0, 0.1) is 0 Å². The molecule has 0 amide bonds. The van der Waals surface area contributed by atoms with Gasteiger partial charge in [0.05, 0.1) is 6.61 Å². The molecule has 1 rings (SSSR count). The van der Waals surface area contributed by atoms with E-state index in [1.807, 2.05) is 0 Å². The minimum atomic E-state index is -5.10. The van der Waals surface area contributed by atoms with E-state index in [0.29, 0.717) is 0 Å². The number of nitrogens with two attached hydrogens (primary N) is 1. The number of pyridine rings is 1. The molecule has 1 aromatic heterocycles. The number of hydrogen-bond acceptors (Lipinski definition) is 5. The Labute approximate surface area is 105 Å². The van der Waals surface area contributed by atoms with E-state index in [1.165, 1.54) is 6.92 Å². The molecule has 0 atom stereocenters. The Bertz CT molecular complexity index is 524. The number of aromatic nitrogens is 1. The third-order valence-electron chi connectivity index (χ3n) is 1.98. The minimum Gasteiger partial charge on any atom is -0.462 e. The molecule has 6 nitrogen and oxygen atoms in total. The van der Waals surface area contributed by atoms with Crippen molar-refractivity contribution in [2.75, 3.05) is 6.61 Å². The van der Waals surface area contributed by atoms with Crippen molar-refractivity contribution in [1.29, 1.82) is 0 Å². The van der Waals surface area contributed by atoms with Crippen LogP contribution in [0.5, 0.6) is 5.75 Å². The quantitative estimate of drug-likeness (QED) is 0.799. The zero-order valence-electron chi connectivity index (χ0n) is 9.84. The summed E-state index contributed by atoms with van der Waals surface area (Å²) in [5.41, 5.74) is 3.51. The molecular weight excluding hydrogens is 269 g/mol. The van der Waals surface area contributed by atoms with Crippen LogP contribution in [0.4, 0.5) is 13.2 Å². The maximum absolute atomic E-state index is 12.2. The molecule has 1 aromatic rings. The Hall–Kier alpha value is -2.03. The number of halogens is 3. The fraction of sp³-hybridized carbons (Fsp3) is 0.400. The zero-order valence-corrected chi connectivity index (χ0v) is 9.84. The van der Waals surface area contributed by atoms with Gasteiger partial charge in [-0.1, -0.05) is 0 Å². The third kappa shape index (κ3) is 3.98. The lowest BCUT2D eigenvalue weighted by Gasteiger charge is -2.12. The summed E-state index contributed by atoms with van der Waals surface area (Å²) in [7, 11) is 0. The summed E-state index contributed by atoms with van der Waals surface area (Å²) in [5.74, 6) is -2.26. The molecule has 0 bridgehead atoms. The molecule has 0 radical (unpaired) electrons. The van der Waals surface area contributed by atoms with E-state index in [-0.39, 0.29) is 18.8 Å². The highest BCUT2D eigenvalue weighted by molar-refractivity contribution is 5.92. The monoisotopic (exact) mass is 280 g/mol. The first-order chi connectivity index (χ1) is 8.78. The van der Waals surface area contributed by atoms with Gasteiger partial charge in [0.25, 0.3) is 5.56 Å². The number of ether oxygens (including phenoxy) is 2. The normalized spacial score (nSPS) is 11.2. The van der Waals surface area contributed by atoms with Crippen LogP contribution >= 0.6 is 0 Å². The van der Waals surface area contributed by atoms with Gasteiger partial charge in [-0.2, -0.15) is 0 Å². The van der Waals surface area contributed by atoms with Gasteiger partial charge >= 0.3 is 12.3 Å². The molecule has 0 unspecified atom stereocenters. The highest BCUT2D eigenvalue weighted by Gasteiger charge is 2.35. The van der Waals surface area contributed by atoms with Crippen molar-refractivity contribution in [3.63, 3.8) is 0 Å². The van der Waals surface area contributed by atoms with Gasteiger partial charge in [-0.05, 0) is 13.0 Å². The summed E-state index contributed by atoms with van der Waals surface area (Å²) in [5, 5.41) is 0. The average Bonchev–Trinajstić information content (AvgIpc) is 2.30. The van der Waals surface area contributed by atoms with Crippen molar-refractivity contribution in [1.82, 2.24) is 4.98 Å². The van der Waals surface area contributed by atoms with Crippen LogP contribution < -0.4 is 16.0 Å². The summed E-state index contributed by atoms with van der Waals surface area (Å²) < 4.78 is 44.6. The molecule has 3 N–H and O–H groups in total. The number of hydrogen-bond donors (Lipinski definition) is 2. The molecule has 0 aromatic carbocycles. The van der Waals surface area contributed by atoms with Crippen molar-refractivity contribution in [2.24, 2.45) is 5.73 Å². The summed E-state index contributed by atoms with van der Waals surface area (Å²) in [6.07, 6.45) is -5.10. The first-order valence-electron chi connectivity index (χ1n) is 5.17. The predicted octanol–water partition coefficient (Wildman–Crippen LogP) is 0.909. The van der Waals surface area contributed by atoms with E-state index in [1.54, 1.807) is 0 Å². The summed E-state index contributed by atoms with van der Waals surface area (Å²) in [4.78, 5) is 25.0. The van der Waals surface area contributed by atoms with Gasteiger partial charge in [-0.15, -0.1) is 13.2 Å². The van der Waals surface area contributed by atoms with E-state index < -0.39 is 29.2 Å². The number of rotatable bonds is 4. The molecule has 9 heteroatoms. The first kappa shape index (κ1) is 15.0. The average molecular weight is 280 g/mol. The van der Waals surface area contributed by atoms with Crippen LogP contribution in [0.25, 0.3) is 0 Å². The molecule has 0 aliphatic heterocycles. The Morgan fingerprint density at radius 3 is 2.58 bits per heavy atom. The fourth-order valence-electron chi connectivity index (χ4n) is 1.29. The lowest BCUT2D eigenvalue weighted by Crippen LogP contribution is -2.26. The molecule has 1 heterocycles. The fourth-order valence-corrected chi connectivity index (χ4v) is 1.29. The molecule has 0 saturated heterocycles. The second-order valence-corrected chi connectivity index (χ2v) is 3.34. The lowest BCUT2D eigenvalue weighted by molar-refractivity contribution is -0.275. The van der Waals surface area contributed by atoms with E-state index in [4.69, 9.17) is 5.73 Å². The van der Waals surface area contributed by atoms with Crippen LogP contribution in [0.1, 0.15) is 23.0 Å². The Morgan fingerprint density at radius 2 is 2.11 bits per heavy atom. The van der Waals surface area contributed by atoms with Gasteiger partial charge in [-0.25, -0.2) is 4.79 Å². The van der Waals surface area contributed by atoms with Crippen LogP contribution in [0.15, 0.2) is 10.9 Å². The van der Waals surface area contributed by atoms with Gasteiger partial charge in [0.2, 0.25) is 5.75 Å². The second kappa shape index (κ2) is 5.74. The molecular formula is C10H11F3N2O4. The smallest absolute Gasteiger partial charge is 0.462 e. The summed E-state index contributed by atoms with van der Waals surface area (Å²) in [6.45, 7) is 1.25. The van der Waals surface area contributed by atoms with Gasteiger partial charge < -0.3 is 20.2 Å². The van der Waals surface area contributed by atoms with Crippen molar-refractivity contribution in [2.45, 2.75) is 19.8 Å². The van der Waals surface area contributed by atoms with Crippen LogP contribution in [-0.4, -0.2) is 23.9 Å². The first-order valence-corrected chi connectivity index (χ1v) is 5.17. The number of carbonyl (C=O) groups is 1. The van der Waals surface area contributed by atoms with Crippen LogP contribution in [0.2, 0.25) is 0 Å². The van der Waals surface area contributed by atoms with E-state index in [2.05, 4.69) is 14.5 Å². The molecule has 0 spiro atoms. The Kier molecular flexibility index (Phi) is 4.54. The summed E-state index contributed by atoms with van der Waals surface area (Å²) in [6, 6.07) is 0.987. The number of nitrogens with one attached hydrogen (secondary N) is 1. The molecule has 106 valence electrons. The highest BCUT2D eigenvalue weighted by atomic mass is 19.4. The number of esters is 1. The number of aromatic amines is 1. The molecule has 19 heavy (non-hydrogen) atoms. The molecule has 0 aliphatic carbocycles. The van der Waals surface area contributed by atoms with Crippen LogP contribution in [0.3, 0.4) is 0 Å². The number of alkyl halides is 3. The van der Waals surface area contributed by atoms with Gasteiger partial charge in [0.15, 0.2) is 0 Å². The molecule has 0 fully saturated rings. The maximum atomic E-state index is 12.2. The molecule has 0 saturated carbocycles. The van der Waals surface area contributed by atoms with Crippen LogP contribution in [-0.2, 0) is 11.3 Å². The summed E-state index contributed by atoms with van der Waals surface area (Å²) >= 11 is 0. The van der Waals surface area contributed by atoms with Crippen molar-refractivity contribution < 1.29 is 27.4 Å². The second-order valence-electron chi connectivity index (χ2n) is 3.34. The van der Waals surface area contributed by atoms with E-state index in [0.717, 1.165) is 6.07 Å². The maximum Gasteiger partial charge on any atom is 0.573 e. The van der Waals surface area contributed by atoms with E-state index >= 15 is 0 Å². The van der Waals surface area contributed by atoms with Crippen molar-refractivity contribution >= 4 is 5.97 Å². The Morgan fingerprint density at radius 1 is 1.47 bits per heavy atom. The highest BCUT2D eigenvalue weighted by Crippen LogP contribution is 2.23. The van der Waals surface area contributed by atoms with Gasteiger partial charge in [0, 0.05) is 12.2 Å². The largest absolute Gasteiger partial charge is 0.573 e. The standard InChI is InChI=1S/C10H11F3N2O4/c1-2-18-9(17)6-3-5(4-14)15-8(16)7(6)19-10(11,12)13/h3H,2,4,14H2,1H3,(H,15,16). The number of H-pyrrole nitrogens is 1. The SMILES string of the molecule is CCOC(=O)c1cc(CN)[nH]c(=O)c1OC(F)(F)F. The van der Waals surface area contributed by atoms with Crippen molar-refractivity contribution in [3.8, 4) is 5.75 Å². The number of carbonyl (C=O) groups excluding carboxylic acids is 1. The molecule has 0 aliphatic rings.